The van der Waals surface area contributed by atoms with Gasteiger partial charge in [-0.3, -0.25) is 9.59 Å². The molecule has 112 valence electrons. The molecule has 0 bridgehead atoms. The summed E-state index contributed by atoms with van der Waals surface area (Å²) in [5.74, 6) is -2.30. The fourth-order valence-corrected chi connectivity index (χ4v) is 1.80. The van der Waals surface area contributed by atoms with Crippen molar-refractivity contribution in [2.45, 2.75) is 51.4 Å². The van der Waals surface area contributed by atoms with Crippen LogP contribution in [0.3, 0.4) is 0 Å². The first-order valence-electron chi connectivity index (χ1n) is 5.96. The molecule has 0 fully saturated rings. The molecule has 0 aromatic carbocycles. The van der Waals surface area contributed by atoms with Gasteiger partial charge in [0.05, 0.1) is 12.5 Å². The third-order valence-corrected chi connectivity index (χ3v) is 2.73. The molecule has 0 heterocycles. The highest BCUT2D eigenvalue weighted by Crippen LogP contribution is 2.21. The Morgan fingerprint density at radius 3 is 2.05 bits per heavy atom. The van der Waals surface area contributed by atoms with Crippen molar-refractivity contribution in [1.82, 2.24) is 4.90 Å². The van der Waals surface area contributed by atoms with Crippen LogP contribution in [-0.4, -0.2) is 46.7 Å². The zero-order chi connectivity index (χ0) is 15.2. The maximum absolute atomic E-state index is 12.5. The molecule has 0 saturated carbocycles. The summed E-state index contributed by atoms with van der Waals surface area (Å²) < 4.78 is 37.4. The molecule has 1 unspecified atom stereocenters. The highest BCUT2D eigenvalue weighted by atomic mass is 19.4. The van der Waals surface area contributed by atoms with Crippen LogP contribution >= 0.6 is 0 Å². The third-order valence-electron chi connectivity index (χ3n) is 2.73. The SMILES string of the molecule is CCC(CC)N(CC(F)(F)F)C(=O)C(N)CC(=O)O. The summed E-state index contributed by atoms with van der Waals surface area (Å²) in [6.45, 7) is 1.91. The van der Waals surface area contributed by atoms with Crippen molar-refractivity contribution >= 4 is 11.9 Å². The fourth-order valence-electron chi connectivity index (χ4n) is 1.80. The lowest BCUT2D eigenvalue weighted by atomic mass is 10.1. The molecular weight excluding hydrogens is 265 g/mol. The van der Waals surface area contributed by atoms with Crippen LogP contribution in [0.25, 0.3) is 0 Å². The summed E-state index contributed by atoms with van der Waals surface area (Å²) >= 11 is 0. The van der Waals surface area contributed by atoms with Gasteiger partial charge < -0.3 is 15.7 Å². The van der Waals surface area contributed by atoms with E-state index in [0.717, 1.165) is 0 Å². The maximum atomic E-state index is 12.5. The van der Waals surface area contributed by atoms with Gasteiger partial charge in [0, 0.05) is 6.04 Å². The van der Waals surface area contributed by atoms with E-state index in [-0.39, 0.29) is 0 Å². The van der Waals surface area contributed by atoms with E-state index >= 15 is 0 Å². The number of carbonyl (C=O) groups excluding carboxylic acids is 1. The summed E-state index contributed by atoms with van der Waals surface area (Å²) in [6.07, 6.45) is -4.54. The molecule has 0 spiro atoms. The first-order valence-corrected chi connectivity index (χ1v) is 5.96. The van der Waals surface area contributed by atoms with E-state index < -0.39 is 43.1 Å². The van der Waals surface area contributed by atoms with Gasteiger partial charge in [-0.05, 0) is 12.8 Å². The number of nitrogens with zero attached hydrogens (tertiary/aromatic N) is 1. The topological polar surface area (TPSA) is 83.6 Å². The van der Waals surface area contributed by atoms with Gasteiger partial charge in [0.15, 0.2) is 0 Å². The molecule has 19 heavy (non-hydrogen) atoms. The van der Waals surface area contributed by atoms with Crippen molar-refractivity contribution in [2.75, 3.05) is 6.54 Å². The lowest BCUT2D eigenvalue weighted by Crippen LogP contribution is -2.52. The molecule has 0 aliphatic heterocycles. The molecule has 3 N–H and O–H groups in total. The Morgan fingerprint density at radius 1 is 1.26 bits per heavy atom. The van der Waals surface area contributed by atoms with Crippen molar-refractivity contribution in [3.8, 4) is 0 Å². The molecular formula is C11H19F3N2O3. The molecule has 0 aromatic rings. The van der Waals surface area contributed by atoms with E-state index in [0.29, 0.717) is 17.7 Å². The molecule has 0 rings (SSSR count). The van der Waals surface area contributed by atoms with Gasteiger partial charge in [0.2, 0.25) is 5.91 Å². The van der Waals surface area contributed by atoms with Crippen molar-refractivity contribution in [2.24, 2.45) is 5.73 Å². The number of hydrogen-bond donors (Lipinski definition) is 2. The van der Waals surface area contributed by atoms with E-state index in [4.69, 9.17) is 10.8 Å². The molecule has 8 heteroatoms. The third kappa shape index (κ3) is 6.42. The molecule has 0 aliphatic rings. The molecule has 1 atom stereocenters. The van der Waals surface area contributed by atoms with Gasteiger partial charge in [-0.15, -0.1) is 0 Å². The zero-order valence-electron chi connectivity index (χ0n) is 10.9. The fraction of sp³-hybridized carbons (Fsp3) is 0.818. The molecule has 0 radical (unpaired) electrons. The van der Waals surface area contributed by atoms with Gasteiger partial charge in [0.25, 0.3) is 0 Å². The summed E-state index contributed by atoms with van der Waals surface area (Å²) in [7, 11) is 0. The molecule has 5 nitrogen and oxygen atoms in total. The maximum Gasteiger partial charge on any atom is 0.406 e. The van der Waals surface area contributed by atoms with Crippen molar-refractivity contribution in [3.05, 3.63) is 0 Å². The summed E-state index contributed by atoms with van der Waals surface area (Å²) in [6, 6.07) is -2.06. The Labute approximate surface area is 109 Å². The normalized spacial score (nSPS) is 13.4. The van der Waals surface area contributed by atoms with Crippen LogP contribution in [0.2, 0.25) is 0 Å². The lowest BCUT2D eigenvalue weighted by Gasteiger charge is -2.33. The largest absolute Gasteiger partial charge is 0.481 e. The molecule has 1 amide bonds. The van der Waals surface area contributed by atoms with E-state index in [2.05, 4.69) is 0 Å². The number of alkyl halides is 3. The molecule has 0 aliphatic carbocycles. The smallest absolute Gasteiger partial charge is 0.406 e. The first kappa shape index (κ1) is 17.7. The van der Waals surface area contributed by atoms with E-state index in [9.17, 15) is 22.8 Å². The predicted octanol–water partition coefficient (Wildman–Crippen LogP) is 1.37. The second-order valence-electron chi connectivity index (χ2n) is 4.26. The Hall–Kier alpha value is -1.31. The first-order chi connectivity index (χ1) is 8.62. The minimum absolute atomic E-state index is 0.345. The zero-order valence-corrected chi connectivity index (χ0v) is 10.9. The Kier molecular flexibility index (Phi) is 6.82. The summed E-state index contributed by atoms with van der Waals surface area (Å²) in [5, 5.41) is 8.53. The standard InChI is InChI=1S/C11H19F3N2O3/c1-3-7(4-2)16(6-11(12,13)14)10(19)8(15)5-9(17)18/h7-8H,3-6,15H2,1-2H3,(H,17,18). The van der Waals surface area contributed by atoms with Gasteiger partial charge in [0.1, 0.15) is 6.54 Å². The van der Waals surface area contributed by atoms with Crippen molar-refractivity contribution in [3.63, 3.8) is 0 Å². The number of nitrogens with two attached hydrogens (primary N) is 1. The number of rotatable bonds is 7. The van der Waals surface area contributed by atoms with Gasteiger partial charge in [-0.2, -0.15) is 13.2 Å². The quantitative estimate of drug-likeness (QED) is 0.739. The molecule has 0 saturated heterocycles. The van der Waals surface area contributed by atoms with Crippen LogP contribution in [0.5, 0.6) is 0 Å². The monoisotopic (exact) mass is 284 g/mol. The van der Waals surface area contributed by atoms with Crippen LogP contribution in [0.15, 0.2) is 0 Å². The van der Waals surface area contributed by atoms with Crippen LogP contribution in [-0.2, 0) is 9.59 Å². The van der Waals surface area contributed by atoms with E-state index in [1.165, 1.54) is 0 Å². The highest BCUT2D eigenvalue weighted by Gasteiger charge is 2.37. The van der Waals surface area contributed by atoms with Gasteiger partial charge >= 0.3 is 12.1 Å². The number of carbonyl (C=O) groups is 2. The number of amides is 1. The average molecular weight is 284 g/mol. The number of carboxylic acid groups (broad SMARTS) is 1. The second-order valence-corrected chi connectivity index (χ2v) is 4.26. The van der Waals surface area contributed by atoms with E-state index in [1.54, 1.807) is 13.8 Å². The Balaban J connectivity index is 5.01. The predicted molar refractivity (Wildman–Crippen MR) is 62.4 cm³/mol. The lowest BCUT2D eigenvalue weighted by molar-refractivity contribution is -0.167. The minimum atomic E-state index is -4.54. The van der Waals surface area contributed by atoms with Gasteiger partial charge in [-0.1, -0.05) is 13.8 Å². The van der Waals surface area contributed by atoms with Gasteiger partial charge in [-0.25, -0.2) is 0 Å². The minimum Gasteiger partial charge on any atom is -0.481 e. The summed E-state index contributed by atoms with van der Waals surface area (Å²) in [4.78, 5) is 22.9. The average Bonchev–Trinajstić information content (AvgIpc) is 2.25. The number of aliphatic carboxylic acids is 1. The number of halogens is 3. The van der Waals surface area contributed by atoms with Crippen LogP contribution < -0.4 is 5.73 Å². The van der Waals surface area contributed by atoms with E-state index in [1.807, 2.05) is 0 Å². The van der Waals surface area contributed by atoms with Crippen LogP contribution in [0, 0.1) is 0 Å². The van der Waals surface area contributed by atoms with Crippen molar-refractivity contribution < 1.29 is 27.9 Å². The number of carboxylic acids is 1. The Bertz CT molecular complexity index is 317. The Morgan fingerprint density at radius 2 is 1.74 bits per heavy atom. The van der Waals surface area contributed by atoms with Crippen LogP contribution in [0.4, 0.5) is 13.2 Å². The second kappa shape index (κ2) is 7.32. The molecule has 0 aromatic heterocycles. The van der Waals surface area contributed by atoms with Crippen molar-refractivity contribution in [1.29, 1.82) is 0 Å². The highest BCUT2D eigenvalue weighted by molar-refractivity contribution is 5.86. The number of hydrogen-bond acceptors (Lipinski definition) is 3. The van der Waals surface area contributed by atoms with Crippen LogP contribution in [0.1, 0.15) is 33.1 Å². The summed E-state index contributed by atoms with van der Waals surface area (Å²) in [5.41, 5.74) is 5.35.